The molecule has 2 aromatic rings. The second-order valence-corrected chi connectivity index (χ2v) is 6.30. The summed E-state index contributed by atoms with van der Waals surface area (Å²) in [5.41, 5.74) is 1.21. The number of furan rings is 1. The van der Waals surface area contributed by atoms with Crippen molar-refractivity contribution in [1.29, 1.82) is 0 Å². The minimum atomic E-state index is -0.409. The summed E-state index contributed by atoms with van der Waals surface area (Å²) in [6.45, 7) is 0.699. The molecule has 0 aliphatic carbocycles. The Balaban J connectivity index is 1.53. The van der Waals surface area contributed by atoms with E-state index in [0.29, 0.717) is 30.2 Å². The van der Waals surface area contributed by atoms with E-state index >= 15 is 0 Å². The zero-order chi connectivity index (χ0) is 19.2. The third-order valence-electron chi connectivity index (χ3n) is 4.22. The molecule has 1 saturated heterocycles. The maximum Gasteiger partial charge on any atom is 0.250 e. The molecule has 2 heterocycles. The van der Waals surface area contributed by atoms with Crippen LogP contribution in [0.15, 0.2) is 47.1 Å². The molecule has 1 aromatic heterocycles. The average molecular weight is 371 g/mol. The number of benzene rings is 1. The number of nitrogens with one attached hydrogen (secondary N) is 2. The summed E-state index contributed by atoms with van der Waals surface area (Å²) in [6.07, 6.45) is 1.74. The standard InChI is InChI=1S/C19H21N3O5/c1-26-12-17(23)20-14-4-6-15(7-5-14)21-19(25)13-9-18(24)22(10-13)11-16-3-2-8-27-16/h2-8,13H,9-12H2,1H3,(H,20,23)(H,21,25)/t13-/m0/s1. The van der Waals surface area contributed by atoms with Crippen molar-refractivity contribution < 1.29 is 23.5 Å². The van der Waals surface area contributed by atoms with Crippen LogP contribution in [0.5, 0.6) is 0 Å². The molecule has 0 unspecified atom stereocenters. The molecule has 8 heteroatoms. The van der Waals surface area contributed by atoms with Crippen molar-refractivity contribution in [3.8, 4) is 0 Å². The fourth-order valence-corrected chi connectivity index (χ4v) is 2.90. The van der Waals surface area contributed by atoms with E-state index in [1.165, 1.54) is 7.11 Å². The smallest absolute Gasteiger partial charge is 0.250 e. The average Bonchev–Trinajstić information content (AvgIpc) is 3.27. The molecule has 1 aromatic carbocycles. The maximum absolute atomic E-state index is 12.5. The van der Waals surface area contributed by atoms with Gasteiger partial charge in [-0.1, -0.05) is 0 Å². The van der Waals surface area contributed by atoms with Crippen LogP contribution >= 0.6 is 0 Å². The number of amides is 3. The summed E-state index contributed by atoms with van der Waals surface area (Å²) >= 11 is 0. The highest BCUT2D eigenvalue weighted by Gasteiger charge is 2.34. The summed E-state index contributed by atoms with van der Waals surface area (Å²) < 4.78 is 10.0. The minimum absolute atomic E-state index is 0.0251. The number of anilines is 2. The third-order valence-corrected chi connectivity index (χ3v) is 4.22. The Morgan fingerprint density at radius 2 is 1.89 bits per heavy atom. The number of nitrogens with zero attached hydrogens (tertiary/aromatic N) is 1. The molecular formula is C19H21N3O5. The van der Waals surface area contributed by atoms with Crippen LogP contribution in [0, 0.1) is 5.92 Å². The van der Waals surface area contributed by atoms with Crippen molar-refractivity contribution in [2.45, 2.75) is 13.0 Å². The summed E-state index contributed by atoms with van der Waals surface area (Å²) in [4.78, 5) is 37.7. The molecule has 1 atom stereocenters. The second kappa shape index (κ2) is 8.50. The highest BCUT2D eigenvalue weighted by molar-refractivity contribution is 5.97. The first kappa shape index (κ1) is 18.7. The van der Waals surface area contributed by atoms with Gasteiger partial charge in [0.25, 0.3) is 0 Å². The number of likely N-dealkylation sites (tertiary alicyclic amines) is 1. The fraction of sp³-hybridized carbons (Fsp3) is 0.316. The highest BCUT2D eigenvalue weighted by atomic mass is 16.5. The monoisotopic (exact) mass is 371 g/mol. The summed E-state index contributed by atoms with van der Waals surface area (Å²) in [6, 6.07) is 10.3. The molecule has 0 radical (unpaired) electrons. The zero-order valence-electron chi connectivity index (χ0n) is 14.9. The molecule has 27 heavy (non-hydrogen) atoms. The van der Waals surface area contributed by atoms with E-state index in [1.54, 1.807) is 47.6 Å². The van der Waals surface area contributed by atoms with Gasteiger partial charge in [-0.2, -0.15) is 0 Å². The van der Waals surface area contributed by atoms with E-state index < -0.39 is 5.92 Å². The Kier molecular flexibility index (Phi) is 5.87. The van der Waals surface area contributed by atoms with E-state index in [4.69, 9.17) is 9.15 Å². The number of carbonyl (C=O) groups excluding carboxylic acids is 3. The second-order valence-electron chi connectivity index (χ2n) is 6.30. The molecule has 8 nitrogen and oxygen atoms in total. The number of hydrogen-bond acceptors (Lipinski definition) is 5. The lowest BCUT2D eigenvalue weighted by Crippen LogP contribution is -2.27. The van der Waals surface area contributed by atoms with Gasteiger partial charge in [-0.25, -0.2) is 0 Å². The minimum Gasteiger partial charge on any atom is -0.467 e. The Bertz CT molecular complexity index is 801. The lowest BCUT2D eigenvalue weighted by atomic mass is 10.1. The third kappa shape index (κ3) is 4.95. The summed E-state index contributed by atoms with van der Waals surface area (Å²) in [7, 11) is 1.45. The first-order valence-corrected chi connectivity index (χ1v) is 8.55. The molecule has 1 fully saturated rings. The van der Waals surface area contributed by atoms with Gasteiger partial charge in [0, 0.05) is 31.5 Å². The number of methoxy groups -OCH3 is 1. The summed E-state index contributed by atoms with van der Waals surface area (Å²) in [5.74, 6) is -0.247. The van der Waals surface area contributed by atoms with Crippen molar-refractivity contribution in [2.75, 3.05) is 30.9 Å². The van der Waals surface area contributed by atoms with Gasteiger partial charge in [0.1, 0.15) is 12.4 Å². The zero-order valence-corrected chi connectivity index (χ0v) is 14.9. The normalized spacial score (nSPS) is 16.4. The number of rotatable bonds is 7. The Morgan fingerprint density at radius 3 is 2.52 bits per heavy atom. The van der Waals surface area contributed by atoms with Gasteiger partial charge in [-0.05, 0) is 36.4 Å². The predicted molar refractivity (Wildman–Crippen MR) is 97.8 cm³/mol. The van der Waals surface area contributed by atoms with E-state index in [-0.39, 0.29) is 30.7 Å². The fourth-order valence-electron chi connectivity index (χ4n) is 2.90. The van der Waals surface area contributed by atoms with E-state index in [9.17, 15) is 14.4 Å². The van der Waals surface area contributed by atoms with Crippen LogP contribution in [0.4, 0.5) is 11.4 Å². The largest absolute Gasteiger partial charge is 0.467 e. The van der Waals surface area contributed by atoms with Crippen molar-refractivity contribution in [1.82, 2.24) is 4.90 Å². The van der Waals surface area contributed by atoms with Crippen LogP contribution < -0.4 is 10.6 Å². The van der Waals surface area contributed by atoms with Crippen LogP contribution in [-0.4, -0.2) is 42.9 Å². The molecule has 1 aliphatic heterocycles. The quantitative estimate of drug-likeness (QED) is 0.774. The van der Waals surface area contributed by atoms with E-state index in [1.807, 2.05) is 0 Å². The van der Waals surface area contributed by atoms with Crippen molar-refractivity contribution in [3.05, 3.63) is 48.4 Å². The molecule has 142 valence electrons. The lowest BCUT2D eigenvalue weighted by molar-refractivity contribution is -0.128. The molecule has 3 amide bonds. The van der Waals surface area contributed by atoms with Gasteiger partial charge in [0.15, 0.2) is 0 Å². The molecule has 0 bridgehead atoms. The Hall–Kier alpha value is -3.13. The number of carbonyl (C=O) groups is 3. The van der Waals surface area contributed by atoms with Gasteiger partial charge in [-0.15, -0.1) is 0 Å². The van der Waals surface area contributed by atoms with Crippen LogP contribution in [0.2, 0.25) is 0 Å². The number of hydrogen-bond donors (Lipinski definition) is 2. The van der Waals surface area contributed by atoms with Crippen molar-refractivity contribution >= 4 is 29.1 Å². The molecule has 0 spiro atoms. The molecule has 3 rings (SSSR count). The van der Waals surface area contributed by atoms with Gasteiger partial charge in [-0.3, -0.25) is 14.4 Å². The van der Waals surface area contributed by atoms with Gasteiger partial charge < -0.3 is 24.7 Å². The van der Waals surface area contributed by atoms with Crippen LogP contribution in [0.1, 0.15) is 12.2 Å². The van der Waals surface area contributed by atoms with Crippen molar-refractivity contribution in [2.24, 2.45) is 5.92 Å². The molecular weight excluding hydrogens is 350 g/mol. The molecule has 1 aliphatic rings. The highest BCUT2D eigenvalue weighted by Crippen LogP contribution is 2.22. The first-order chi connectivity index (χ1) is 13.0. The van der Waals surface area contributed by atoms with Crippen LogP contribution in [0.25, 0.3) is 0 Å². The maximum atomic E-state index is 12.5. The van der Waals surface area contributed by atoms with Crippen molar-refractivity contribution in [3.63, 3.8) is 0 Å². The van der Waals surface area contributed by atoms with Gasteiger partial charge in [0.2, 0.25) is 17.7 Å². The van der Waals surface area contributed by atoms with E-state index in [2.05, 4.69) is 10.6 Å². The SMILES string of the molecule is COCC(=O)Nc1ccc(NC(=O)[C@H]2CC(=O)N(Cc3ccco3)C2)cc1. The van der Waals surface area contributed by atoms with E-state index in [0.717, 1.165) is 0 Å². The van der Waals surface area contributed by atoms with Gasteiger partial charge >= 0.3 is 0 Å². The Labute approximate surface area is 156 Å². The molecule has 2 N–H and O–H groups in total. The lowest BCUT2D eigenvalue weighted by Gasteiger charge is -2.15. The summed E-state index contributed by atoms with van der Waals surface area (Å²) in [5, 5.41) is 5.49. The Morgan fingerprint density at radius 1 is 1.19 bits per heavy atom. The van der Waals surface area contributed by atoms with Crippen LogP contribution in [-0.2, 0) is 25.7 Å². The molecule has 0 saturated carbocycles. The van der Waals surface area contributed by atoms with Gasteiger partial charge in [0.05, 0.1) is 18.7 Å². The topological polar surface area (TPSA) is 101 Å². The number of ether oxygens (including phenoxy) is 1. The first-order valence-electron chi connectivity index (χ1n) is 8.55. The van der Waals surface area contributed by atoms with Crippen LogP contribution in [0.3, 0.4) is 0 Å². The predicted octanol–water partition coefficient (Wildman–Crippen LogP) is 1.85.